The average molecular weight is 611 g/mol. The summed E-state index contributed by atoms with van der Waals surface area (Å²) >= 11 is 0. The van der Waals surface area contributed by atoms with Crippen LogP contribution in [0.3, 0.4) is 0 Å². The quantitative estimate of drug-likeness (QED) is 0.0672. The minimum Gasteiger partial charge on any atom is -0.497 e. The molecule has 0 radical (unpaired) electrons. The van der Waals surface area contributed by atoms with Gasteiger partial charge in [0.15, 0.2) is 0 Å². The highest BCUT2D eigenvalue weighted by atomic mass is 16.5. The van der Waals surface area contributed by atoms with Crippen LogP contribution in [-0.4, -0.2) is 66.6 Å². The average Bonchev–Trinajstić information content (AvgIpc) is 3.06. The van der Waals surface area contributed by atoms with Crippen LogP contribution in [0.15, 0.2) is 48.5 Å². The van der Waals surface area contributed by atoms with Gasteiger partial charge in [-0.15, -0.1) is 0 Å². The molecule has 4 N–H and O–H groups in total. The summed E-state index contributed by atoms with van der Waals surface area (Å²) in [6, 6.07) is 16.8. The summed E-state index contributed by atoms with van der Waals surface area (Å²) in [5.74, 6) is 1.86. The van der Waals surface area contributed by atoms with Crippen molar-refractivity contribution in [2.45, 2.75) is 103 Å². The van der Waals surface area contributed by atoms with Crippen molar-refractivity contribution in [1.82, 2.24) is 21.3 Å². The number of methoxy groups -OCH3 is 2. The van der Waals surface area contributed by atoms with E-state index < -0.39 is 0 Å². The van der Waals surface area contributed by atoms with Crippen LogP contribution in [0.25, 0.3) is 0 Å². The lowest BCUT2D eigenvalue weighted by Crippen LogP contribution is -2.19. The molecule has 0 heterocycles. The van der Waals surface area contributed by atoms with Crippen molar-refractivity contribution < 1.29 is 9.47 Å². The fraction of sp³-hybridized carbons (Fsp3) is 0.684. The van der Waals surface area contributed by atoms with E-state index in [1.54, 1.807) is 14.2 Å². The van der Waals surface area contributed by atoms with Crippen molar-refractivity contribution in [1.29, 1.82) is 0 Å². The normalized spacial score (nSPS) is 11.2. The third-order valence-electron chi connectivity index (χ3n) is 8.37. The Morgan fingerprint density at radius 1 is 0.341 bits per heavy atom. The molecule has 2 aromatic carbocycles. The van der Waals surface area contributed by atoms with Crippen molar-refractivity contribution in [3.8, 4) is 11.5 Å². The Morgan fingerprint density at radius 3 is 0.864 bits per heavy atom. The van der Waals surface area contributed by atoms with E-state index in [1.807, 2.05) is 24.3 Å². The molecular formula is C38H66N4O2. The van der Waals surface area contributed by atoms with Gasteiger partial charge in [-0.05, 0) is 139 Å². The van der Waals surface area contributed by atoms with Crippen LogP contribution in [0.1, 0.15) is 101 Å². The molecule has 0 aliphatic rings. The summed E-state index contributed by atoms with van der Waals surface area (Å²) in [7, 11) is 3.43. The molecule has 0 aromatic heterocycles. The number of hydrogen-bond donors (Lipinski definition) is 4. The van der Waals surface area contributed by atoms with Crippen LogP contribution in [0.2, 0.25) is 0 Å². The molecule has 250 valence electrons. The van der Waals surface area contributed by atoms with Gasteiger partial charge in [0.2, 0.25) is 0 Å². The van der Waals surface area contributed by atoms with E-state index in [4.69, 9.17) is 9.47 Å². The molecule has 0 spiro atoms. The van der Waals surface area contributed by atoms with E-state index in [2.05, 4.69) is 45.5 Å². The lowest BCUT2D eigenvalue weighted by Gasteiger charge is -2.07. The standard InChI is InChI=1S/C38H66N4O2/c1-43-37-21-17-35(18-22-37)25-33-41-31-15-9-7-13-29-39-27-11-5-3-4-6-12-28-40-30-14-8-10-16-32-42-34-26-36-19-23-38(44-2)24-20-36/h17-24,39-42H,3-16,25-34H2,1-2H3. The lowest BCUT2D eigenvalue weighted by molar-refractivity contribution is 0.414. The lowest BCUT2D eigenvalue weighted by atomic mass is 10.1. The Bertz CT molecular complexity index is 802. The maximum Gasteiger partial charge on any atom is 0.118 e. The first kappa shape index (κ1) is 38.1. The van der Waals surface area contributed by atoms with Gasteiger partial charge in [-0.2, -0.15) is 0 Å². The van der Waals surface area contributed by atoms with Crippen molar-refractivity contribution in [3.63, 3.8) is 0 Å². The van der Waals surface area contributed by atoms with Gasteiger partial charge in [0, 0.05) is 0 Å². The second-order valence-corrected chi connectivity index (χ2v) is 12.1. The van der Waals surface area contributed by atoms with Crippen molar-refractivity contribution in [2.75, 3.05) is 66.6 Å². The number of ether oxygens (including phenoxy) is 2. The third kappa shape index (κ3) is 21.6. The fourth-order valence-electron chi connectivity index (χ4n) is 5.46. The maximum absolute atomic E-state index is 5.22. The van der Waals surface area contributed by atoms with Gasteiger partial charge in [-0.3, -0.25) is 0 Å². The monoisotopic (exact) mass is 611 g/mol. The third-order valence-corrected chi connectivity index (χ3v) is 8.37. The molecule has 2 aromatic rings. The summed E-state index contributed by atoms with van der Waals surface area (Å²) in [4.78, 5) is 0. The topological polar surface area (TPSA) is 66.6 Å². The van der Waals surface area contributed by atoms with Crippen LogP contribution in [0, 0.1) is 0 Å². The van der Waals surface area contributed by atoms with Crippen molar-refractivity contribution in [3.05, 3.63) is 59.7 Å². The van der Waals surface area contributed by atoms with Crippen LogP contribution < -0.4 is 30.7 Å². The first-order valence-electron chi connectivity index (χ1n) is 17.9. The second kappa shape index (κ2) is 28.4. The molecule has 0 aliphatic carbocycles. The smallest absolute Gasteiger partial charge is 0.118 e. The fourth-order valence-corrected chi connectivity index (χ4v) is 5.46. The number of rotatable bonds is 31. The maximum atomic E-state index is 5.22. The zero-order chi connectivity index (χ0) is 31.2. The molecule has 0 unspecified atom stereocenters. The molecule has 0 amide bonds. The SMILES string of the molecule is COc1ccc(CCNCCCCCCNCCCCCCCCNCCCCCCNCCc2ccc(OC)cc2)cc1. The zero-order valence-electron chi connectivity index (χ0n) is 28.4. The summed E-state index contributed by atoms with van der Waals surface area (Å²) in [5, 5.41) is 14.4. The van der Waals surface area contributed by atoms with E-state index in [-0.39, 0.29) is 0 Å². The van der Waals surface area contributed by atoms with E-state index in [0.717, 1.165) is 50.5 Å². The van der Waals surface area contributed by atoms with Crippen LogP contribution >= 0.6 is 0 Å². The predicted octanol–water partition coefficient (Wildman–Crippen LogP) is 7.31. The molecule has 6 heteroatoms. The Hall–Kier alpha value is -2.12. The molecule has 44 heavy (non-hydrogen) atoms. The molecule has 0 bridgehead atoms. The number of nitrogens with one attached hydrogen (secondary N) is 4. The summed E-state index contributed by atoms with van der Waals surface area (Å²) < 4.78 is 10.4. The van der Waals surface area contributed by atoms with E-state index in [9.17, 15) is 0 Å². The van der Waals surface area contributed by atoms with Gasteiger partial charge >= 0.3 is 0 Å². The van der Waals surface area contributed by atoms with Crippen molar-refractivity contribution >= 4 is 0 Å². The van der Waals surface area contributed by atoms with Crippen LogP contribution in [0.4, 0.5) is 0 Å². The first-order chi connectivity index (χ1) is 21.8. The minimum absolute atomic E-state index is 0.931. The van der Waals surface area contributed by atoms with E-state index in [1.165, 1.54) is 127 Å². The first-order valence-corrected chi connectivity index (χ1v) is 17.9. The Labute approximate surface area is 270 Å². The van der Waals surface area contributed by atoms with E-state index in [0.29, 0.717) is 0 Å². The molecule has 6 nitrogen and oxygen atoms in total. The highest BCUT2D eigenvalue weighted by Crippen LogP contribution is 2.12. The molecule has 0 fully saturated rings. The van der Waals surface area contributed by atoms with Gasteiger partial charge in [0.25, 0.3) is 0 Å². The van der Waals surface area contributed by atoms with E-state index >= 15 is 0 Å². The molecule has 0 aliphatic heterocycles. The number of benzene rings is 2. The van der Waals surface area contributed by atoms with Crippen LogP contribution in [0.5, 0.6) is 11.5 Å². The largest absolute Gasteiger partial charge is 0.497 e. The Balaban J connectivity index is 1.18. The summed E-state index contributed by atoms with van der Waals surface area (Å²) in [6.45, 7) is 9.11. The molecular weight excluding hydrogens is 544 g/mol. The van der Waals surface area contributed by atoms with Gasteiger partial charge in [0.1, 0.15) is 11.5 Å². The summed E-state index contributed by atoms with van der Waals surface area (Å²) in [5.41, 5.74) is 2.73. The molecule has 0 saturated heterocycles. The summed E-state index contributed by atoms with van der Waals surface area (Å²) in [6.07, 6.45) is 20.9. The molecule has 0 saturated carbocycles. The van der Waals surface area contributed by atoms with Crippen molar-refractivity contribution in [2.24, 2.45) is 0 Å². The zero-order valence-corrected chi connectivity index (χ0v) is 28.4. The van der Waals surface area contributed by atoms with Crippen LogP contribution in [-0.2, 0) is 12.8 Å². The van der Waals surface area contributed by atoms with Gasteiger partial charge in [-0.25, -0.2) is 0 Å². The predicted molar refractivity (Wildman–Crippen MR) is 190 cm³/mol. The Kier molecular flexibility index (Phi) is 24.5. The molecule has 2 rings (SSSR count). The highest BCUT2D eigenvalue weighted by molar-refractivity contribution is 5.28. The van der Waals surface area contributed by atoms with Gasteiger partial charge < -0.3 is 30.7 Å². The van der Waals surface area contributed by atoms with Gasteiger partial charge in [0.05, 0.1) is 14.2 Å². The second-order valence-electron chi connectivity index (χ2n) is 12.1. The van der Waals surface area contributed by atoms with Gasteiger partial charge in [-0.1, -0.05) is 75.6 Å². The number of unbranched alkanes of at least 4 members (excludes halogenated alkanes) is 11. The Morgan fingerprint density at radius 2 is 0.591 bits per heavy atom. The number of hydrogen-bond acceptors (Lipinski definition) is 6. The minimum atomic E-state index is 0.931. The highest BCUT2D eigenvalue weighted by Gasteiger charge is 1.98. The molecule has 0 atom stereocenters.